The fraction of sp³-hybridized carbons (Fsp3) is 0.300. The third-order valence-electron chi connectivity index (χ3n) is 3.27. The number of halogens is 1. The molecule has 0 fully saturated rings. The molecule has 0 aromatic heterocycles. The Hall–Kier alpha value is -2.43. The van der Waals surface area contributed by atoms with Crippen molar-refractivity contribution in [3.8, 4) is 11.5 Å². The Bertz CT molecular complexity index is 929. The van der Waals surface area contributed by atoms with Gasteiger partial charge >= 0.3 is 11.9 Å². The first-order chi connectivity index (χ1) is 14.7. The molecule has 170 valence electrons. The van der Waals surface area contributed by atoms with Crippen molar-refractivity contribution in [3.63, 3.8) is 0 Å². The molecule has 0 aliphatic carbocycles. The molecule has 2 aromatic rings. The molecule has 11 heteroatoms. The average molecular weight is 491 g/mol. The molecule has 0 aliphatic heterocycles. The molecule has 2 aromatic carbocycles. The van der Waals surface area contributed by atoms with Gasteiger partial charge in [0.1, 0.15) is 11.5 Å². The number of esters is 2. The number of thiol groups is 1. The molecular formula is C20H23ClO8S2. The lowest BCUT2D eigenvalue weighted by Crippen LogP contribution is -2.14. The Kier molecular flexibility index (Phi) is 11.8. The molecule has 0 radical (unpaired) electrons. The SMILES string of the molecule is CCOC(=O)COc1ccc(S(=O)(=O)Cl)cc1.CCOC(=O)COc1ccc(S)cc1. The van der Waals surface area contributed by atoms with Crippen molar-refractivity contribution < 1.29 is 37.0 Å². The number of rotatable bonds is 9. The van der Waals surface area contributed by atoms with Crippen molar-refractivity contribution >= 4 is 44.3 Å². The highest BCUT2D eigenvalue weighted by atomic mass is 35.7. The predicted octanol–water partition coefficient (Wildman–Crippen LogP) is 3.47. The Labute approximate surface area is 191 Å². The largest absolute Gasteiger partial charge is 0.482 e. The number of hydrogen-bond acceptors (Lipinski definition) is 9. The van der Waals surface area contributed by atoms with Gasteiger partial charge in [-0.1, -0.05) is 0 Å². The zero-order chi connectivity index (χ0) is 23.3. The van der Waals surface area contributed by atoms with Crippen LogP contribution < -0.4 is 9.47 Å². The first kappa shape index (κ1) is 26.6. The first-order valence-electron chi connectivity index (χ1n) is 9.06. The molecule has 0 unspecified atom stereocenters. The minimum atomic E-state index is -3.73. The lowest BCUT2D eigenvalue weighted by Gasteiger charge is -2.05. The highest BCUT2D eigenvalue weighted by Gasteiger charge is 2.10. The van der Waals surface area contributed by atoms with Gasteiger partial charge in [-0.2, -0.15) is 0 Å². The normalized spacial score (nSPS) is 10.3. The number of ether oxygens (including phenoxy) is 4. The van der Waals surface area contributed by atoms with Gasteiger partial charge in [0.05, 0.1) is 18.1 Å². The highest BCUT2D eigenvalue weighted by molar-refractivity contribution is 8.13. The van der Waals surface area contributed by atoms with Crippen LogP contribution in [0.1, 0.15) is 13.8 Å². The van der Waals surface area contributed by atoms with Crippen molar-refractivity contribution in [1.82, 2.24) is 0 Å². The van der Waals surface area contributed by atoms with Gasteiger partial charge in [0.25, 0.3) is 9.05 Å². The molecule has 8 nitrogen and oxygen atoms in total. The second kappa shape index (κ2) is 13.8. The summed E-state index contributed by atoms with van der Waals surface area (Å²) < 4.78 is 41.5. The summed E-state index contributed by atoms with van der Waals surface area (Å²) >= 11 is 4.13. The van der Waals surface area contributed by atoms with Gasteiger partial charge in [0.15, 0.2) is 13.2 Å². The number of carbonyl (C=O) groups is 2. The molecular weight excluding hydrogens is 468 g/mol. The zero-order valence-corrected chi connectivity index (χ0v) is 19.4. The number of benzene rings is 2. The summed E-state index contributed by atoms with van der Waals surface area (Å²) in [5, 5.41) is 0. The topological polar surface area (TPSA) is 105 Å². The van der Waals surface area contributed by atoms with Gasteiger partial charge in [-0.05, 0) is 62.4 Å². The maximum Gasteiger partial charge on any atom is 0.344 e. The second-order valence-corrected chi connectivity index (χ2v) is 8.67. The van der Waals surface area contributed by atoms with Gasteiger partial charge in [0.2, 0.25) is 0 Å². The fourth-order valence-corrected chi connectivity index (χ4v) is 2.85. The first-order valence-corrected chi connectivity index (χ1v) is 11.8. The molecule has 0 heterocycles. The Morgan fingerprint density at radius 2 is 1.19 bits per heavy atom. The molecule has 0 N–H and O–H groups in total. The van der Waals surface area contributed by atoms with E-state index in [4.69, 9.17) is 24.9 Å². The molecule has 0 bridgehead atoms. The van der Waals surface area contributed by atoms with Crippen LogP contribution in [0.3, 0.4) is 0 Å². The molecule has 0 atom stereocenters. The monoisotopic (exact) mass is 490 g/mol. The Morgan fingerprint density at radius 1 is 0.806 bits per heavy atom. The zero-order valence-electron chi connectivity index (χ0n) is 16.9. The lowest BCUT2D eigenvalue weighted by atomic mass is 10.3. The summed E-state index contributed by atoms with van der Waals surface area (Å²) in [6.45, 7) is 3.83. The van der Waals surface area contributed by atoms with Crippen molar-refractivity contribution in [2.24, 2.45) is 0 Å². The Balaban J connectivity index is 0.000000316. The molecule has 0 saturated carbocycles. The summed E-state index contributed by atoms with van der Waals surface area (Å²) in [6.07, 6.45) is 0. The minimum absolute atomic E-state index is 0.0253. The molecule has 31 heavy (non-hydrogen) atoms. The maximum atomic E-state index is 11.0. The van der Waals surface area contributed by atoms with Gasteiger partial charge in [-0.3, -0.25) is 0 Å². The quantitative estimate of drug-likeness (QED) is 0.323. The second-order valence-electron chi connectivity index (χ2n) is 5.59. The summed E-state index contributed by atoms with van der Waals surface area (Å²) in [7, 11) is 1.40. The smallest absolute Gasteiger partial charge is 0.344 e. The highest BCUT2D eigenvalue weighted by Crippen LogP contribution is 2.19. The molecule has 0 saturated heterocycles. The van der Waals surface area contributed by atoms with E-state index in [0.717, 1.165) is 4.90 Å². The van der Waals surface area contributed by atoms with Crippen LogP contribution in [-0.4, -0.2) is 46.8 Å². The van der Waals surface area contributed by atoms with E-state index < -0.39 is 15.0 Å². The number of carbonyl (C=O) groups excluding carboxylic acids is 2. The van der Waals surface area contributed by atoms with E-state index in [0.29, 0.717) is 18.1 Å². The molecule has 0 amide bonds. The summed E-state index contributed by atoms with van der Waals surface area (Å²) in [5.41, 5.74) is 0. The fourth-order valence-electron chi connectivity index (χ4n) is 1.93. The van der Waals surface area contributed by atoms with Gasteiger partial charge < -0.3 is 18.9 Å². The summed E-state index contributed by atoms with van der Waals surface area (Å²) in [5.74, 6) is 0.155. The van der Waals surface area contributed by atoms with E-state index >= 15 is 0 Å². The van der Waals surface area contributed by atoms with Gasteiger partial charge in [0, 0.05) is 15.6 Å². The van der Waals surface area contributed by atoms with E-state index in [2.05, 4.69) is 17.4 Å². The summed E-state index contributed by atoms with van der Waals surface area (Å²) in [6, 6.07) is 12.5. The van der Waals surface area contributed by atoms with E-state index in [1.165, 1.54) is 24.3 Å². The molecule has 0 aliphatic rings. The van der Waals surface area contributed by atoms with E-state index in [1.54, 1.807) is 38.1 Å². The van der Waals surface area contributed by atoms with E-state index in [9.17, 15) is 18.0 Å². The number of hydrogen-bond donors (Lipinski definition) is 1. The van der Waals surface area contributed by atoms with Crippen molar-refractivity contribution in [2.45, 2.75) is 23.6 Å². The molecule has 2 rings (SSSR count). The van der Waals surface area contributed by atoms with Crippen LogP contribution in [0.25, 0.3) is 0 Å². The maximum absolute atomic E-state index is 11.0. The summed E-state index contributed by atoms with van der Waals surface area (Å²) in [4.78, 5) is 22.7. The van der Waals surface area contributed by atoms with E-state index in [-0.39, 0.29) is 30.7 Å². The molecule has 0 spiro atoms. The van der Waals surface area contributed by atoms with Crippen LogP contribution in [0.15, 0.2) is 58.3 Å². The van der Waals surface area contributed by atoms with Crippen molar-refractivity contribution in [2.75, 3.05) is 26.4 Å². The van der Waals surface area contributed by atoms with E-state index in [1.807, 2.05) is 0 Å². The standard InChI is InChI=1S/C10H11ClO5S.C10H12O3S/c1-2-15-10(12)7-16-8-3-5-9(6-4-8)17(11,13)14;1-2-12-10(11)7-13-8-3-5-9(14)6-4-8/h3-6H,2,7H2,1H3;3-6,14H,2,7H2,1H3. The third kappa shape index (κ3) is 11.5. The average Bonchev–Trinajstić information content (AvgIpc) is 2.72. The van der Waals surface area contributed by atoms with Crippen molar-refractivity contribution in [3.05, 3.63) is 48.5 Å². The van der Waals surface area contributed by atoms with Crippen LogP contribution in [0.5, 0.6) is 11.5 Å². The Morgan fingerprint density at radius 3 is 1.55 bits per heavy atom. The van der Waals surface area contributed by atoms with Crippen molar-refractivity contribution in [1.29, 1.82) is 0 Å². The van der Waals surface area contributed by atoms with Gasteiger partial charge in [-0.15, -0.1) is 12.6 Å². The van der Waals surface area contributed by atoms with Crippen LogP contribution in [0.2, 0.25) is 0 Å². The van der Waals surface area contributed by atoms with Gasteiger partial charge in [-0.25, -0.2) is 18.0 Å². The van der Waals surface area contributed by atoms with Crippen LogP contribution in [-0.2, 0) is 28.1 Å². The predicted molar refractivity (Wildman–Crippen MR) is 117 cm³/mol. The van der Waals surface area contributed by atoms with Crippen LogP contribution in [0, 0.1) is 0 Å². The van der Waals surface area contributed by atoms with Crippen LogP contribution >= 0.6 is 23.3 Å². The minimum Gasteiger partial charge on any atom is -0.482 e. The third-order valence-corrected chi connectivity index (χ3v) is 4.93. The lowest BCUT2D eigenvalue weighted by molar-refractivity contribution is -0.146. The van der Waals surface area contributed by atoms with Crippen LogP contribution in [0.4, 0.5) is 0 Å².